The summed E-state index contributed by atoms with van der Waals surface area (Å²) in [4.78, 5) is 10.2. The minimum absolute atomic E-state index is 0.489. The van der Waals surface area contributed by atoms with E-state index in [0.29, 0.717) is 16.9 Å². The first-order valence-corrected chi connectivity index (χ1v) is 8.85. The van der Waals surface area contributed by atoms with Crippen LogP contribution < -0.4 is 5.32 Å². The molecule has 0 aliphatic heterocycles. The summed E-state index contributed by atoms with van der Waals surface area (Å²) in [5, 5.41) is 15.8. The van der Waals surface area contributed by atoms with Crippen LogP contribution in [0.4, 0.5) is 11.5 Å². The molecular weight excluding hydrogens is 332 g/mol. The topological polar surface area (TPSA) is 81.8 Å². The van der Waals surface area contributed by atoms with E-state index in [1.165, 1.54) is 0 Å². The molecule has 3 heterocycles. The van der Waals surface area contributed by atoms with Gasteiger partial charge in [-0.05, 0) is 36.6 Å². The van der Waals surface area contributed by atoms with Gasteiger partial charge in [-0.3, -0.25) is 10.1 Å². The fourth-order valence-corrected chi connectivity index (χ4v) is 3.10. The molecule has 0 radical (unpaired) electrons. The molecule has 0 unspecified atom stereocenters. The number of rotatable bonds is 4. The van der Waals surface area contributed by atoms with Crippen LogP contribution in [-0.2, 0) is 0 Å². The number of thioether (sulfide) groups is 1. The van der Waals surface area contributed by atoms with Crippen molar-refractivity contribution in [2.75, 3.05) is 11.6 Å². The summed E-state index contributed by atoms with van der Waals surface area (Å²) < 4.78 is 1.77. The highest BCUT2D eigenvalue weighted by molar-refractivity contribution is 7.98. The van der Waals surface area contributed by atoms with Gasteiger partial charge in [0.2, 0.25) is 0 Å². The van der Waals surface area contributed by atoms with E-state index >= 15 is 0 Å². The van der Waals surface area contributed by atoms with E-state index < -0.39 is 0 Å². The maximum atomic E-state index is 9.29. The summed E-state index contributed by atoms with van der Waals surface area (Å²) in [5.74, 6) is 0.744. The molecule has 0 spiro atoms. The molecule has 122 valence electrons. The fraction of sp³-hybridized carbons (Fsp3) is 0.0556. The van der Waals surface area contributed by atoms with Crippen LogP contribution in [0.5, 0.6) is 0 Å². The first-order chi connectivity index (χ1) is 12.3. The lowest BCUT2D eigenvalue weighted by molar-refractivity contribution is 0.979. The van der Waals surface area contributed by atoms with Crippen LogP contribution in [0.2, 0.25) is 0 Å². The number of nitrogens with one attached hydrogen (secondary N) is 2. The number of fused-ring (bicyclic) bond motifs is 1. The highest BCUT2D eigenvalue weighted by Crippen LogP contribution is 2.31. The predicted octanol–water partition coefficient (Wildman–Crippen LogP) is 4.06. The number of nitriles is 1. The SMILES string of the molecule is CSc1cccc(Nc2c(-c3ccccn3)nc3c(C#N)c[nH]n23)c1. The van der Waals surface area contributed by atoms with Crippen molar-refractivity contribution in [1.29, 1.82) is 5.26 Å². The number of imidazole rings is 1. The van der Waals surface area contributed by atoms with E-state index in [1.807, 2.05) is 36.6 Å². The largest absolute Gasteiger partial charge is 0.338 e. The molecule has 0 atom stereocenters. The Bertz CT molecular complexity index is 1070. The third-order valence-corrected chi connectivity index (χ3v) is 4.54. The first-order valence-electron chi connectivity index (χ1n) is 7.62. The van der Waals surface area contributed by atoms with Gasteiger partial charge < -0.3 is 5.32 Å². The third-order valence-electron chi connectivity index (χ3n) is 3.82. The quantitative estimate of drug-likeness (QED) is 0.545. The third kappa shape index (κ3) is 2.73. The van der Waals surface area contributed by atoms with Crippen LogP contribution in [0.15, 0.2) is 59.8 Å². The Morgan fingerprint density at radius 2 is 2.16 bits per heavy atom. The van der Waals surface area contributed by atoms with Crippen LogP contribution in [-0.4, -0.2) is 25.8 Å². The molecule has 0 aliphatic carbocycles. The Kier molecular flexibility index (Phi) is 3.88. The minimum atomic E-state index is 0.489. The van der Waals surface area contributed by atoms with Gasteiger partial charge in [0, 0.05) is 23.0 Å². The molecule has 0 amide bonds. The Hall–Kier alpha value is -3.24. The number of aromatic nitrogens is 4. The highest BCUT2D eigenvalue weighted by Gasteiger charge is 2.19. The number of hydrogen-bond acceptors (Lipinski definition) is 5. The second kappa shape index (κ2) is 6.34. The summed E-state index contributed by atoms with van der Waals surface area (Å²) in [5.41, 5.74) is 3.44. The lowest BCUT2D eigenvalue weighted by atomic mass is 10.2. The van der Waals surface area contributed by atoms with Crippen LogP contribution in [0, 0.1) is 11.3 Å². The van der Waals surface area contributed by atoms with Crippen molar-refractivity contribution in [3.63, 3.8) is 0 Å². The second-order valence-electron chi connectivity index (χ2n) is 5.34. The van der Waals surface area contributed by atoms with E-state index in [-0.39, 0.29) is 0 Å². The number of aromatic amines is 1. The molecule has 3 aromatic heterocycles. The number of H-pyrrole nitrogens is 1. The normalized spacial score (nSPS) is 10.7. The Balaban J connectivity index is 1.88. The Morgan fingerprint density at radius 1 is 1.24 bits per heavy atom. The van der Waals surface area contributed by atoms with Gasteiger partial charge in [-0.15, -0.1) is 11.8 Å². The van der Waals surface area contributed by atoms with Crippen LogP contribution >= 0.6 is 11.8 Å². The predicted molar refractivity (Wildman–Crippen MR) is 99.0 cm³/mol. The molecule has 2 N–H and O–H groups in total. The molecule has 1 aromatic carbocycles. The zero-order valence-electron chi connectivity index (χ0n) is 13.4. The average Bonchev–Trinajstić information content (AvgIpc) is 3.22. The number of nitrogens with zero attached hydrogens (tertiary/aromatic N) is 4. The molecule has 0 aliphatic rings. The van der Waals surface area contributed by atoms with Crippen LogP contribution in [0.25, 0.3) is 17.0 Å². The summed E-state index contributed by atoms with van der Waals surface area (Å²) in [6, 6.07) is 16.0. The van der Waals surface area contributed by atoms with Gasteiger partial charge in [0.15, 0.2) is 11.5 Å². The molecule has 4 rings (SSSR count). The van der Waals surface area contributed by atoms with Gasteiger partial charge in [0.05, 0.1) is 5.69 Å². The number of hydrogen-bond donors (Lipinski definition) is 2. The number of benzene rings is 1. The van der Waals surface area contributed by atoms with Crippen molar-refractivity contribution in [3.05, 3.63) is 60.4 Å². The van der Waals surface area contributed by atoms with E-state index in [0.717, 1.165) is 22.1 Å². The van der Waals surface area contributed by atoms with Crippen molar-refractivity contribution in [1.82, 2.24) is 19.6 Å². The van der Waals surface area contributed by atoms with E-state index in [4.69, 9.17) is 0 Å². The summed E-state index contributed by atoms with van der Waals surface area (Å²) in [7, 11) is 0. The van der Waals surface area contributed by atoms with Gasteiger partial charge in [-0.1, -0.05) is 12.1 Å². The van der Waals surface area contributed by atoms with E-state index in [9.17, 15) is 5.26 Å². The van der Waals surface area contributed by atoms with Gasteiger partial charge >= 0.3 is 0 Å². The van der Waals surface area contributed by atoms with Gasteiger partial charge in [-0.2, -0.15) is 5.26 Å². The lowest BCUT2D eigenvalue weighted by Gasteiger charge is -2.08. The summed E-state index contributed by atoms with van der Waals surface area (Å²) in [6.45, 7) is 0. The molecule has 0 saturated heterocycles. The zero-order valence-corrected chi connectivity index (χ0v) is 14.2. The highest BCUT2D eigenvalue weighted by atomic mass is 32.2. The molecular formula is C18H14N6S. The van der Waals surface area contributed by atoms with Crippen molar-refractivity contribution < 1.29 is 0 Å². The molecule has 0 bridgehead atoms. The van der Waals surface area contributed by atoms with Crippen molar-refractivity contribution in [3.8, 4) is 17.5 Å². The smallest absolute Gasteiger partial charge is 0.173 e. The molecule has 7 heteroatoms. The monoisotopic (exact) mass is 346 g/mol. The molecule has 6 nitrogen and oxygen atoms in total. The summed E-state index contributed by atoms with van der Waals surface area (Å²) in [6.07, 6.45) is 5.42. The van der Waals surface area contributed by atoms with Gasteiger partial charge in [-0.25, -0.2) is 9.50 Å². The lowest BCUT2D eigenvalue weighted by Crippen LogP contribution is -1.98. The number of anilines is 2. The van der Waals surface area contributed by atoms with Crippen molar-refractivity contribution >= 4 is 28.9 Å². The van der Waals surface area contributed by atoms with Crippen molar-refractivity contribution in [2.24, 2.45) is 0 Å². The van der Waals surface area contributed by atoms with E-state index in [2.05, 4.69) is 38.6 Å². The zero-order chi connectivity index (χ0) is 17.2. The standard InChI is InChI=1S/C18H14N6S/c1-25-14-6-4-5-13(9-14)22-18-16(15-7-2-3-8-20-15)23-17-12(10-19)11-21-24(17)18/h2-9,11,21-22H,1H3. The number of pyridine rings is 1. The maximum absolute atomic E-state index is 9.29. The fourth-order valence-electron chi connectivity index (χ4n) is 2.64. The van der Waals surface area contributed by atoms with Gasteiger partial charge in [0.25, 0.3) is 0 Å². The average molecular weight is 346 g/mol. The maximum Gasteiger partial charge on any atom is 0.173 e. The molecule has 0 saturated carbocycles. The minimum Gasteiger partial charge on any atom is -0.338 e. The Labute approximate surface area is 148 Å². The van der Waals surface area contributed by atoms with Crippen LogP contribution in [0.1, 0.15) is 5.56 Å². The Morgan fingerprint density at radius 3 is 2.92 bits per heavy atom. The molecule has 4 aromatic rings. The summed E-state index contributed by atoms with van der Waals surface area (Å²) >= 11 is 1.68. The van der Waals surface area contributed by atoms with Crippen molar-refractivity contribution in [2.45, 2.75) is 4.90 Å². The second-order valence-corrected chi connectivity index (χ2v) is 6.22. The van der Waals surface area contributed by atoms with E-state index in [1.54, 1.807) is 28.7 Å². The first kappa shape index (κ1) is 15.3. The van der Waals surface area contributed by atoms with Gasteiger partial charge in [0.1, 0.15) is 17.3 Å². The molecule has 0 fully saturated rings. The molecule has 25 heavy (non-hydrogen) atoms. The van der Waals surface area contributed by atoms with Crippen LogP contribution in [0.3, 0.4) is 0 Å².